The number of nitrogens with one attached hydrogen (secondary N) is 2. The SMILES string of the molecule is O=C(CCNCCN1CCOCC1)Nc1ccccc1Cl. The molecular formula is C15H22ClN3O2. The number of rotatable bonds is 7. The van der Waals surface area contributed by atoms with Crippen molar-refractivity contribution in [2.75, 3.05) is 51.3 Å². The summed E-state index contributed by atoms with van der Waals surface area (Å²) in [6.07, 6.45) is 0.439. The molecule has 0 atom stereocenters. The Morgan fingerprint density at radius 3 is 2.76 bits per heavy atom. The lowest BCUT2D eigenvalue weighted by atomic mass is 10.3. The number of hydrogen-bond acceptors (Lipinski definition) is 4. The quantitative estimate of drug-likeness (QED) is 0.751. The lowest BCUT2D eigenvalue weighted by Crippen LogP contribution is -2.40. The zero-order chi connectivity index (χ0) is 14.9. The summed E-state index contributed by atoms with van der Waals surface area (Å²) in [5, 5.41) is 6.66. The Hall–Kier alpha value is -1.14. The van der Waals surface area contributed by atoms with Crippen molar-refractivity contribution in [1.82, 2.24) is 10.2 Å². The van der Waals surface area contributed by atoms with Gasteiger partial charge < -0.3 is 15.4 Å². The van der Waals surface area contributed by atoms with Gasteiger partial charge in [0, 0.05) is 39.1 Å². The number of morpholine rings is 1. The molecule has 116 valence electrons. The molecule has 0 radical (unpaired) electrons. The van der Waals surface area contributed by atoms with Gasteiger partial charge in [0.05, 0.1) is 23.9 Å². The number of amides is 1. The Labute approximate surface area is 130 Å². The van der Waals surface area contributed by atoms with Crippen LogP contribution in [-0.2, 0) is 9.53 Å². The first-order valence-corrected chi connectivity index (χ1v) is 7.69. The molecule has 0 spiro atoms. The van der Waals surface area contributed by atoms with Crippen LogP contribution in [-0.4, -0.2) is 56.7 Å². The number of benzene rings is 1. The van der Waals surface area contributed by atoms with E-state index in [1.165, 1.54) is 0 Å². The number of hydrogen-bond donors (Lipinski definition) is 2. The summed E-state index contributed by atoms with van der Waals surface area (Å²) >= 11 is 5.99. The maximum atomic E-state index is 11.8. The second-order valence-corrected chi connectivity index (χ2v) is 5.39. The third-order valence-corrected chi connectivity index (χ3v) is 3.71. The summed E-state index contributed by atoms with van der Waals surface area (Å²) in [5.74, 6) is -0.0260. The van der Waals surface area contributed by atoms with Crippen LogP contribution in [0.15, 0.2) is 24.3 Å². The minimum Gasteiger partial charge on any atom is -0.379 e. The summed E-state index contributed by atoms with van der Waals surface area (Å²) in [6.45, 7) is 6.18. The topological polar surface area (TPSA) is 53.6 Å². The van der Waals surface area contributed by atoms with E-state index in [-0.39, 0.29) is 5.91 Å². The zero-order valence-electron chi connectivity index (χ0n) is 12.1. The van der Waals surface area contributed by atoms with Crippen molar-refractivity contribution in [1.29, 1.82) is 0 Å². The van der Waals surface area contributed by atoms with Crippen LogP contribution in [0.2, 0.25) is 5.02 Å². The van der Waals surface area contributed by atoms with E-state index in [0.717, 1.165) is 39.4 Å². The monoisotopic (exact) mass is 311 g/mol. The molecule has 0 bridgehead atoms. The predicted octanol–water partition coefficient (Wildman–Crippen LogP) is 1.59. The highest BCUT2D eigenvalue weighted by molar-refractivity contribution is 6.33. The molecule has 1 aromatic rings. The molecule has 0 unspecified atom stereocenters. The summed E-state index contributed by atoms with van der Waals surface area (Å²) in [4.78, 5) is 14.2. The summed E-state index contributed by atoms with van der Waals surface area (Å²) in [6, 6.07) is 7.25. The van der Waals surface area contributed by atoms with E-state index in [1.807, 2.05) is 12.1 Å². The van der Waals surface area contributed by atoms with E-state index in [0.29, 0.717) is 23.7 Å². The fourth-order valence-corrected chi connectivity index (χ4v) is 2.35. The fraction of sp³-hybridized carbons (Fsp3) is 0.533. The van der Waals surface area contributed by atoms with Crippen molar-refractivity contribution in [3.8, 4) is 0 Å². The van der Waals surface area contributed by atoms with E-state index in [4.69, 9.17) is 16.3 Å². The molecule has 5 nitrogen and oxygen atoms in total. The lowest BCUT2D eigenvalue weighted by molar-refractivity contribution is -0.116. The molecule has 0 aromatic heterocycles. The fourth-order valence-electron chi connectivity index (χ4n) is 2.16. The zero-order valence-corrected chi connectivity index (χ0v) is 12.9. The summed E-state index contributed by atoms with van der Waals surface area (Å²) in [7, 11) is 0. The van der Waals surface area contributed by atoms with E-state index in [1.54, 1.807) is 12.1 Å². The first kappa shape index (κ1) is 16.2. The highest BCUT2D eigenvalue weighted by Crippen LogP contribution is 2.20. The number of halogens is 1. The maximum Gasteiger partial charge on any atom is 0.225 e. The maximum absolute atomic E-state index is 11.8. The van der Waals surface area contributed by atoms with Crippen molar-refractivity contribution in [3.63, 3.8) is 0 Å². The molecular weight excluding hydrogens is 290 g/mol. The summed E-state index contributed by atoms with van der Waals surface area (Å²) < 4.78 is 5.30. The van der Waals surface area contributed by atoms with Gasteiger partial charge in [-0.3, -0.25) is 9.69 Å². The third kappa shape index (κ3) is 6.01. The first-order valence-electron chi connectivity index (χ1n) is 7.31. The molecule has 1 aliphatic heterocycles. The number of carbonyl (C=O) groups excluding carboxylic acids is 1. The van der Waals surface area contributed by atoms with Gasteiger partial charge in [-0.25, -0.2) is 0 Å². The number of anilines is 1. The molecule has 2 rings (SSSR count). The Kier molecular flexibility index (Phi) is 6.95. The number of carbonyl (C=O) groups is 1. The molecule has 6 heteroatoms. The molecule has 2 N–H and O–H groups in total. The van der Waals surface area contributed by atoms with E-state index in [2.05, 4.69) is 15.5 Å². The normalized spacial score (nSPS) is 15.9. The van der Waals surface area contributed by atoms with Crippen molar-refractivity contribution >= 4 is 23.2 Å². The highest BCUT2D eigenvalue weighted by Gasteiger charge is 2.09. The van der Waals surface area contributed by atoms with E-state index in [9.17, 15) is 4.79 Å². The minimum absolute atomic E-state index is 0.0260. The average Bonchev–Trinajstić information content (AvgIpc) is 2.50. The van der Waals surface area contributed by atoms with Gasteiger partial charge in [0.2, 0.25) is 5.91 Å². The van der Waals surface area contributed by atoms with E-state index >= 15 is 0 Å². The minimum atomic E-state index is -0.0260. The molecule has 21 heavy (non-hydrogen) atoms. The largest absolute Gasteiger partial charge is 0.379 e. The van der Waals surface area contributed by atoms with Crippen LogP contribution in [0.4, 0.5) is 5.69 Å². The first-order chi connectivity index (χ1) is 10.3. The van der Waals surface area contributed by atoms with Gasteiger partial charge in [0.1, 0.15) is 0 Å². The van der Waals surface area contributed by atoms with Crippen molar-refractivity contribution in [2.45, 2.75) is 6.42 Å². The molecule has 1 fully saturated rings. The highest BCUT2D eigenvalue weighted by atomic mass is 35.5. The Morgan fingerprint density at radius 1 is 1.24 bits per heavy atom. The van der Waals surface area contributed by atoms with Crippen molar-refractivity contribution < 1.29 is 9.53 Å². The van der Waals surface area contributed by atoms with Gasteiger partial charge >= 0.3 is 0 Å². The Morgan fingerprint density at radius 2 is 2.00 bits per heavy atom. The number of ether oxygens (including phenoxy) is 1. The van der Waals surface area contributed by atoms with Crippen molar-refractivity contribution in [2.24, 2.45) is 0 Å². The number of nitrogens with zero attached hydrogens (tertiary/aromatic N) is 1. The van der Waals surface area contributed by atoms with Crippen LogP contribution in [0.5, 0.6) is 0 Å². The molecule has 1 saturated heterocycles. The van der Waals surface area contributed by atoms with Gasteiger partial charge in [-0.05, 0) is 12.1 Å². The van der Waals surface area contributed by atoms with Gasteiger partial charge in [0.25, 0.3) is 0 Å². The second-order valence-electron chi connectivity index (χ2n) is 4.98. The molecule has 0 aliphatic carbocycles. The lowest BCUT2D eigenvalue weighted by Gasteiger charge is -2.26. The number of para-hydroxylation sites is 1. The van der Waals surface area contributed by atoms with Crippen LogP contribution < -0.4 is 10.6 Å². The van der Waals surface area contributed by atoms with Crippen LogP contribution in [0.1, 0.15) is 6.42 Å². The smallest absolute Gasteiger partial charge is 0.225 e. The second kappa shape index (κ2) is 9.00. The van der Waals surface area contributed by atoms with Crippen LogP contribution in [0, 0.1) is 0 Å². The van der Waals surface area contributed by atoms with E-state index < -0.39 is 0 Å². The average molecular weight is 312 g/mol. The Bertz CT molecular complexity index is 450. The predicted molar refractivity (Wildman–Crippen MR) is 84.8 cm³/mol. The third-order valence-electron chi connectivity index (χ3n) is 3.39. The molecule has 0 saturated carbocycles. The standard InChI is InChI=1S/C15H22ClN3O2/c16-13-3-1-2-4-14(13)18-15(20)5-6-17-7-8-19-9-11-21-12-10-19/h1-4,17H,5-12H2,(H,18,20). The molecule has 1 aromatic carbocycles. The van der Waals surface area contributed by atoms with Crippen LogP contribution in [0.3, 0.4) is 0 Å². The molecule has 1 heterocycles. The Balaban J connectivity index is 1.56. The van der Waals surface area contributed by atoms with Gasteiger partial charge in [-0.1, -0.05) is 23.7 Å². The van der Waals surface area contributed by atoms with Crippen LogP contribution >= 0.6 is 11.6 Å². The summed E-state index contributed by atoms with van der Waals surface area (Å²) in [5.41, 5.74) is 0.664. The van der Waals surface area contributed by atoms with Crippen LogP contribution in [0.25, 0.3) is 0 Å². The van der Waals surface area contributed by atoms with Gasteiger partial charge in [0.15, 0.2) is 0 Å². The molecule has 1 amide bonds. The van der Waals surface area contributed by atoms with Gasteiger partial charge in [-0.2, -0.15) is 0 Å². The van der Waals surface area contributed by atoms with Crippen molar-refractivity contribution in [3.05, 3.63) is 29.3 Å². The molecule has 1 aliphatic rings. The van der Waals surface area contributed by atoms with Gasteiger partial charge in [-0.15, -0.1) is 0 Å².